The fraction of sp³-hybridized carbons (Fsp3) is 0.286. The molecule has 2 N–H and O–H groups in total. The van der Waals surface area contributed by atoms with Gasteiger partial charge in [0, 0.05) is 30.8 Å². The average Bonchev–Trinajstić information content (AvgIpc) is 2.66. The molecule has 2 aromatic rings. The van der Waals surface area contributed by atoms with Gasteiger partial charge in [-0.05, 0) is 55.8 Å². The minimum absolute atomic E-state index is 0.0425. The highest BCUT2D eigenvalue weighted by atomic mass is 16.5. The van der Waals surface area contributed by atoms with Gasteiger partial charge in [0.25, 0.3) is 11.8 Å². The van der Waals surface area contributed by atoms with E-state index in [2.05, 4.69) is 5.32 Å². The molecule has 0 fully saturated rings. The van der Waals surface area contributed by atoms with Crippen molar-refractivity contribution in [1.82, 2.24) is 10.2 Å². The molecule has 0 heterocycles. The zero-order valence-electron chi connectivity index (χ0n) is 16.1. The van der Waals surface area contributed by atoms with Gasteiger partial charge in [-0.2, -0.15) is 0 Å². The molecule has 2 amide bonds. The lowest BCUT2D eigenvalue weighted by molar-refractivity contribution is -0.139. The summed E-state index contributed by atoms with van der Waals surface area (Å²) in [5.74, 6) is -0.924. The van der Waals surface area contributed by atoms with Gasteiger partial charge in [-0.1, -0.05) is 12.1 Å². The van der Waals surface area contributed by atoms with Crippen molar-refractivity contribution in [2.24, 2.45) is 0 Å². The summed E-state index contributed by atoms with van der Waals surface area (Å²) in [6, 6.07) is 13.5. The van der Waals surface area contributed by atoms with Crippen LogP contribution in [0.3, 0.4) is 0 Å². The van der Waals surface area contributed by atoms with Gasteiger partial charge < -0.3 is 20.1 Å². The second-order valence-corrected chi connectivity index (χ2v) is 6.69. The van der Waals surface area contributed by atoms with Gasteiger partial charge in [-0.3, -0.25) is 9.59 Å². The number of carbonyl (C=O) groups is 3. The zero-order valence-corrected chi connectivity index (χ0v) is 16.1. The second kappa shape index (κ2) is 9.55. The van der Waals surface area contributed by atoms with Crippen LogP contribution in [0.5, 0.6) is 5.75 Å². The van der Waals surface area contributed by atoms with Crippen LogP contribution in [0.15, 0.2) is 48.5 Å². The van der Waals surface area contributed by atoms with Crippen molar-refractivity contribution in [3.8, 4) is 5.75 Å². The smallest absolute Gasteiger partial charge is 0.341 e. The van der Waals surface area contributed by atoms with E-state index in [0.29, 0.717) is 23.4 Å². The van der Waals surface area contributed by atoms with Crippen molar-refractivity contribution in [3.63, 3.8) is 0 Å². The van der Waals surface area contributed by atoms with Crippen LogP contribution in [-0.2, 0) is 11.3 Å². The number of carbonyl (C=O) groups excluding carboxylic acids is 2. The van der Waals surface area contributed by atoms with E-state index < -0.39 is 12.6 Å². The third-order valence-electron chi connectivity index (χ3n) is 3.87. The fourth-order valence-electron chi connectivity index (χ4n) is 2.51. The predicted octanol–water partition coefficient (Wildman–Crippen LogP) is 2.56. The second-order valence-electron chi connectivity index (χ2n) is 6.69. The molecule has 148 valence electrons. The Bertz CT molecular complexity index is 829. The molecule has 0 radical (unpaired) electrons. The topological polar surface area (TPSA) is 95.9 Å². The van der Waals surface area contributed by atoms with Crippen LogP contribution in [0.1, 0.15) is 40.1 Å². The average molecular weight is 384 g/mol. The summed E-state index contributed by atoms with van der Waals surface area (Å²) < 4.78 is 5.09. The van der Waals surface area contributed by atoms with Crippen LogP contribution in [0.4, 0.5) is 0 Å². The van der Waals surface area contributed by atoms with Gasteiger partial charge in [0.05, 0.1) is 0 Å². The van der Waals surface area contributed by atoms with Crippen LogP contribution in [0.2, 0.25) is 0 Å². The summed E-state index contributed by atoms with van der Waals surface area (Å²) in [4.78, 5) is 36.6. The van der Waals surface area contributed by atoms with E-state index in [1.807, 2.05) is 13.8 Å². The number of amides is 2. The highest BCUT2D eigenvalue weighted by Crippen LogP contribution is 2.15. The Balaban J connectivity index is 1.96. The van der Waals surface area contributed by atoms with Crippen LogP contribution < -0.4 is 10.1 Å². The molecule has 7 heteroatoms. The van der Waals surface area contributed by atoms with Crippen molar-refractivity contribution in [2.75, 3.05) is 13.7 Å². The lowest BCUT2D eigenvalue weighted by Gasteiger charge is -2.18. The number of hydrogen-bond acceptors (Lipinski definition) is 4. The monoisotopic (exact) mass is 384 g/mol. The SMILES string of the molecule is CC(C)NC(=O)c1ccc(C(=O)N(C)Cc2ccc(OCC(=O)O)cc2)cc1. The van der Waals surface area contributed by atoms with Crippen molar-refractivity contribution < 1.29 is 24.2 Å². The molecule has 0 atom stereocenters. The van der Waals surface area contributed by atoms with E-state index in [-0.39, 0.29) is 17.9 Å². The summed E-state index contributed by atoms with van der Waals surface area (Å²) in [6.45, 7) is 3.75. The molecule has 0 unspecified atom stereocenters. The minimum atomic E-state index is -1.04. The van der Waals surface area contributed by atoms with Crippen molar-refractivity contribution in [1.29, 1.82) is 0 Å². The van der Waals surface area contributed by atoms with Gasteiger partial charge in [0.15, 0.2) is 6.61 Å². The van der Waals surface area contributed by atoms with Crippen LogP contribution in [0.25, 0.3) is 0 Å². The van der Waals surface area contributed by atoms with Crippen LogP contribution >= 0.6 is 0 Å². The van der Waals surface area contributed by atoms with E-state index >= 15 is 0 Å². The largest absolute Gasteiger partial charge is 0.482 e. The molecule has 28 heavy (non-hydrogen) atoms. The van der Waals surface area contributed by atoms with Gasteiger partial charge >= 0.3 is 5.97 Å². The molecule has 0 saturated heterocycles. The molecule has 2 rings (SSSR count). The lowest BCUT2D eigenvalue weighted by Crippen LogP contribution is -2.30. The molecule has 0 saturated carbocycles. The van der Waals surface area contributed by atoms with E-state index in [0.717, 1.165) is 5.56 Å². The summed E-state index contributed by atoms with van der Waals surface area (Å²) in [7, 11) is 1.69. The molecule has 0 bridgehead atoms. The van der Waals surface area contributed by atoms with Crippen LogP contribution in [0, 0.1) is 0 Å². The van der Waals surface area contributed by atoms with E-state index in [4.69, 9.17) is 9.84 Å². The number of benzene rings is 2. The van der Waals surface area contributed by atoms with Gasteiger partial charge in [0.1, 0.15) is 5.75 Å². The number of hydrogen-bond donors (Lipinski definition) is 2. The molecule has 2 aromatic carbocycles. The third kappa shape index (κ3) is 6.12. The maximum absolute atomic E-state index is 12.6. The zero-order chi connectivity index (χ0) is 20.7. The Labute approximate surface area is 163 Å². The highest BCUT2D eigenvalue weighted by molar-refractivity contribution is 5.97. The Morgan fingerprint density at radius 2 is 1.57 bits per heavy atom. The van der Waals surface area contributed by atoms with Crippen molar-refractivity contribution in [2.45, 2.75) is 26.4 Å². The molecule has 0 aromatic heterocycles. The number of aliphatic carboxylic acids is 1. The fourth-order valence-corrected chi connectivity index (χ4v) is 2.51. The lowest BCUT2D eigenvalue weighted by atomic mass is 10.1. The Morgan fingerprint density at radius 1 is 1.00 bits per heavy atom. The predicted molar refractivity (Wildman–Crippen MR) is 104 cm³/mol. The summed E-state index contributed by atoms with van der Waals surface area (Å²) in [5.41, 5.74) is 1.88. The molecule has 7 nitrogen and oxygen atoms in total. The van der Waals surface area contributed by atoms with Gasteiger partial charge in [-0.15, -0.1) is 0 Å². The number of carboxylic acid groups (broad SMARTS) is 1. The first kappa shape index (κ1) is 21.0. The molecule has 0 aliphatic rings. The normalized spacial score (nSPS) is 10.4. The number of rotatable bonds is 8. The van der Waals surface area contributed by atoms with Crippen molar-refractivity contribution in [3.05, 3.63) is 65.2 Å². The number of ether oxygens (including phenoxy) is 1. The first-order valence-electron chi connectivity index (χ1n) is 8.86. The van der Waals surface area contributed by atoms with Gasteiger partial charge in [-0.25, -0.2) is 4.79 Å². The van der Waals surface area contributed by atoms with Crippen LogP contribution in [-0.4, -0.2) is 47.5 Å². The molecule has 0 aliphatic heterocycles. The maximum atomic E-state index is 12.6. The van der Waals surface area contributed by atoms with Crippen molar-refractivity contribution >= 4 is 17.8 Å². The first-order valence-corrected chi connectivity index (χ1v) is 8.86. The number of nitrogens with zero attached hydrogens (tertiary/aromatic N) is 1. The first-order chi connectivity index (χ1) is 13.3. The maximum Gasteiger partial charge on any atom is 0.341 e. The van der Waals surface area contributed by atoms with Gasteiger partial charge in [0.2, 0.25) is 0 Å². The van der Waals surface area contributed by atoms with E-state index in [9.17, 15) is 14.4 Å². The molecular weight excluding hydrogens is 360 g/mol. The third-order valence-corrected chi connectivity index (χ3v) is 3.87. The Morgan fingerprint density at radius 3 is 2.11 bits per heavy atom. The number of nitrogens with one attached hydrogen (secondary N) is 1. The summed E-state index contributed by atoms with van der Waals surface area (Å²) in [6.07, 6.45) is 0. The summed E-state index contributed by atoms with van der Waals surface area (Å²) >= 11 is 0. The Kier molecular flexibility index (Phi) is 7.14. The highest BCUT2D eigenvalue weighted by Gasteiger charge is 2.14. The molecule has 0 aliphatic carbocycles. The van der Waals surface area contributed by atoms with E-state index in [1.165, 1.54) is 0 Å². The molecule has 0 spiro atoms. The van der Waals surface area contributed by atoms with E-state index in [1.54, 1.807) is 60.5 Å². The minimum Gasteiger partial charge on any atom is -0.482 e. The Hall–Kier alpha value is -3.35. The standard InChI is InChI=1S/C21H24N2O5/c1-14(2)22-20(26)16-6-8-17(9-7-16)21(27)23(3)12-15-4-10-18(11-5-15)28-13-19(24)25/h4-11,14H,12-13H2,1-3H3,(H,22,26)(H,24,25). The summed E-state index contributed by atoms with van der Waals surface area (Å²) in [5, 5.41) is 11.4. The quantitative estimate of drug-likeness (QED) is 0.729. The molecular formula is C21H24N2O5. The number of carboxylic acids is 1.